The maximum atomic E-state index is 12.3. The third kappa shape index (κ3) is 2.49. The van der Waals surface area contributed by atoms with Gasteiger partial charge in [0.05, 0.1) is 4.92 Å². The molecule has 0 saturated carbocycles. The van der Waals surface area contributed by atoms with Gasteiger partial charge in [-0.1, -0.05) is 12.1 Å². The lowest BCUT2D eigenvalue weighted by Crippen LogP contribution is -1.82. The van der Waals surface area contributed by atoms with Crippen LogP contribution in [0.5, 0.6) is 0 Å². The normalized spacial score (nSPS) is 10.4. The Balaban J connectivity index is 2.77. The predicted octanol–water partition coefficient (Wildman–Crippen LogP) is 2.07. The van der Waals surface area contributed by atoms with Gasteiger partial charge in [-0.05, 0) is 17.7 Å². The Kier molecular flexibility index (Phi) is 2.53. The lowest BCUT2D eigenvalue weighted by Gasteiger charge is -1.89. The van der Waals surface area contributed by atoms with E-state index in [1.54, 1.807) is 0 Å². The van der Waals surface area contributed by atoms with Gasteiger partial charge in [-0.15, -0.1) is 0 Å². The molecule has 1 aromatic rings. The quantitative estimate of drug-likeness (QED) is 0.499. The largest absolute Gasteiger partial charge is 0.259 e. The zero-order valence-electron chi connectivity index (χ0n) is 6.11. The summed E-state index contributed by atoms with van der Waals surface area (Å²) in [6, 6.07) is 5.43. The predicted molar refractivity (Wildman–Crippen MR) is 42.4 cm³/mol. The van der Waals surface area contributed by atoms with Crippen LogP contribution in [0.1, 0.15) is 5.56 Å². The number of hydrogen-bond donors (Lipinski definition) is 0. The molecule has 62 valence electrons. The van der Waals surface area contributed by atoms with Crippen molar-refractivity contribution in [2.75, 3.05) is 0 Å². The molecule has 0 aliphatic heterocycles. The smallest absolute Gasteiger partial charge is 0.235 e. The first-order valence-electron chi connectivity index (χ1n) is 3.26. The lowest BCUT2D eigenvalue weighted by atomic mass is 10.2. The molecule has 3 nitrogen and oxygen atoms in total. The lowest BCUT2D eigenvalue weighted by molar-refractivity contribution is -0.400. The Morgan fingerprint density at radius 1 is 1.33 bits per heavy atom. The van der Waals surface area contributed by atoms with Crippen LogP contribution in [0.4, 0.5) is 4.39 Å². The monoisotopic (exact) mass is 167 g/mol. The van der Waals surface area contributed by atoms with Gasteiger partial charge in [0, 0.05) is 6.08 Å². The molecule has 4 heteroatoms. The standard InChI is InChI=1S/C8H6FNO2/c9-8-3-1-7(2-4-8)5-6-10(11)12/h1-6H. The summed E-state index contributed by atoms with van der Waals surface area (Å²) in [6.07, 6.45) is 2.12. The Bertz CT molecular complexity index is 305. The molecular formula is C8H6FNO2. The van der Waals surface area contributed by atoms with Crippen LogP contribution in [0.25, 0.3) is 6.08 Å². The van der Waals surface area contributed by atoms with Gasteiger partial charge in [-0.3, -0.25) is 10.1 Å². The van der Waals surface area contributed by atoms with Crippen molar-refractivity contribution < 1.29 is 9.31 Å². The van der Waals surface area contributed by atoms with Gasteiger partial charge < -0.3 is 0 Å². The second-order valence-electron chi connectivity index (χ2n) is 2.15. The second-order valence-corrected chi connectivity index (χ2v) is 2.15. The topological polar surface area (TPSA) is 43.1 Å². The highest BCUT2D eigenvalue weighted by atomic mass is 19.1. The average molecular weight is 167 g/mol. The maximum absolute atomic E-state index is 12.3. The van der Waals surface area contributed by atoms with Crippen LogP contribution in [0.3, 0.4) is 0 Å². The van der Waals surface area contributed by atoms with E-state index in [9.17, 15) is 14.5 Å². The van der Waals surface area contributed by atoms with Crippen molar-refractivity contribution in [3.05, 3.63) is 52.0 Å². The van der Waals surface area contributed by atoms with Gasteiger partial charge in [-0.2, -0.15) is 0 Å². The summed E-state index contributed by atoms with van der Waals surface area (Å²) in [7, 11) is 0. The molecule has 0 bridgehead atoms. The summed E-state index contributed by atoms with van der Waals surface area (Å²) in [6.45, 7) is 0. The molecule has 0 unspecified atom stereocenters. The van der Waals surface area contributed by atoms with Crippen molar-refractivity contribution in [1.82, 2.24) is 0 Å². The Morgan fingerprint density at radius 2 is 1.92 bits per heavy atom. The van der Waals surface area contributed by atoms with Crippen molar-refractivity contribution in [3.63, 3.8) is 0 Å². The maximum Gasteiger partial charge on any atom is 0.235 e. The second kappa shape index (κ2) is 3.61. The SMILES string of the molecule is O=[N+]([O-])C=Cc1ccc(F)cc1. The van der Waals surface area contributed by atoms with Crippen LogP contribution < -0.4 is 0 Å². The molecule has 0 saturated heterocycles. The molecule has 0 N–H and O–H groups in total. The van der Waals surface area contributed by atoms with E-state index in [-0.39, 0.29) is 5.82 Å². The van der Waals surface area contributed by atoms with Gasteiger partial charge in [-0.25, -0.2) is 4.39 Å². The van der Waals surface area contributed by atoms with Gasteiger partial charge in [0.25, 0.3) is 0 Å². The minimum absolute atomic E-state index is 0.353. The summed E-state index contributed by atoms with van der Waals surface area (Å²) in [5, 5.41) is 9.88. The minimum atomic E-state index is -0.566. The van der Waals surface area contributed by atoms with Crippen LogP contribution in [-0.2, 0) is 0 Å². The van der Waals surface area contributed by atoms with E-state index in [2.05, 4.69) is 0 Å². The van der Waals surface area contributed by atoms with Gasteiger partial charge in [0.1, 0.15) is 5.82 Å². The van der Waals surface area contributed by atoms with E-state index in [4.69, 9.17) is 0 Å². The number of benzene rings is 1. The van der Waals surface area contributed by atoms with Crippen LogP contribution in [0.2, 0.25) is 0 Å². The van der Waals surface area contributed by atoms with E-state index in [0.717, 1.165) is 6.20 Å². The Hall–Kier alpha value is -1.71. The summed E-state index contributed by atoms with van der Waals surface area (Å²) in [5.41, 5.74) is 0.605. The summed E-state index contributed by atoms with van der Waals surface area (Å²) in [5.74, 6) is -0.353. The van der Waals surface area contributed by atoms with Crippen LogP contribution in [-0.4, -0.2) is 4.92 Å². The van der Waals surface area contributed by atoms with Crippen LogP contribution >= 0.6 is 0 Å². The molecule has 12 heavy (non-hydrogen) atoms. The van der Waals surface area contributed by atoms with Crippen molar-refractivity contribution in [1.29, 1.82) is 0 Å². The van der Waals surface area contributed by atoms with Crippen LogP contribution in [0, 0.1) is 15.9 Å². The van der Waals surface area contributed by atoms with Gasteiger partial charge >= 0.3 is 0 Å². The van der Waals surface area contributed by atoms with E-state index in [0.29, 0.717) is 5.56 Å². The Morgan fingerprint density at radius 3 is 2.42 bits per heavy atom. The van der Waals surface area contributed by atoms with Gasteiger partial charge in [0.15, 0.2) is 0 Å². The van der Waals surface area contributed by atoms with E-state index in [1.807, 2.05) is 0 Å². The first-order valence-corrected chi connectivity index (χ1v) is 3.26. The first kappa shape index (κ1) is 8.39. The van der Waals surface area contributed by atoms with Crippen molar-refractivity contribution in [2.45, 2.75) is 0 Å². The molecule has 0 atom stereocenters. The summed E-state index contributed by atoms with van der Waals surface area (Å²) in [4.78, 5) is 9.32. The van der Waals surface area contributed by atoms with Gasteiger partial charge in [0.2, 0.25) is 6.20 Å². The van der Waals surface area contributed by atoms with Crippen molar-refractivity contribution in [3.8, 4) is 0 Å². The third-order valence-corrected chi connectivity index (χ3v) is 1.26. The fourth-order valence-corrected chi connectivity index (χ4v) is 0.721. The highest BCUT2D eigenvalue weighted by Gasteiger charge is 1.90. The highest BCUT2D eigenvalue weighted by molar-refractivity contribution is 5.47. The third-order valence-electron chi connectivity index (χ3n) is 1.26. The molecule has 0 amide bonds. The summed E-state index contributed by atoms with van der Waals surface area (Å²) < 4.78 is 12.3. The Labute approximate surface area is 68.3 Å². The molecular weight excluding hydrogens is 161 g/mol. The zero-order valence-corrected chi connectivity index (χ0v) is 6.11. The number of hydrogen-bond acceptors (Lipinski definition) is 2. The van der Waals surface area contributed by atoms with E-state index in [1.165, 1.54) is 30.3 Å². The number of nitrogens with zero attached hydrogens (tertiary/aromatic N) is 1. The highest BCUT2D eigenvalue weighted by Crippen LogP contribution is 2.04. The fourth-order valence-electron chi connectivity index (χ4n) is 0.721. The number of halogens is 1. The first-order chi connectivity index (χ1) is 5.68. The molecule has 1 aromatic carbocycles. The zero-order chi connectivity index (χ0) is 8.97. The fraction of sp³-hybridized carbons (Fsp3) is 0. The molecule has 0 aromatic heterocycles. The minimum Gasteiger partial charge on any atom is -0.259 e. The molecule has 0 spiro atoms. The molecule has 0 aliphatic rings. The van der Waals surface area contributed by atoms with Crippen molar-refractivity contribution in [2.24, 2.45) is 0 Å². The molecule has 0 radical (unpaired) electrons. The average Bonchev–Trinajstić information content (AvgIpc) is 2.03. The molecule has 0 fully saturated rings. The van der Waals surface area contributed by atoms with E-state index < -0.39 is 4.92 Å². The van der Waals surface area contributed by atoms with Crippen LogP contribution in [0.15, 0.2) is 30.5 Å². The number of nitro groups is 1. The van der Waals surface area contributed by atoms with Crippen molar-refractivity contribution >= 4 is 6.08 Å². The molecule has 1 rings (SSSR count). The summed E-state index contributed by atoms with van der Waals surface area (Å²) >= 11 is 0. The number of rotatable bonds is 2. The molecule has 0 heterocycles. The molecule has 0 aliphatic carbocycles. The van der Waals surface area contributed by atoms with E-state index >= 15 is 0 Å².